The molecule has 1 unspecified atom stereocenters. The molecule has 7 heteroatoms. The van der Waals surface area contributed by atoms with Crippen LogP contribution in [0.5, 0.6) is 0 Å². The van der Waals surface area contributed by atoms with Crippen LogP contribution in [0.15, 0.2) is 0 Å². The summed E-state index contributed by atoms with van der Waals surface area (Å²) in [6.07, 6.45) is 1.27. The van der Waals surface area contributed by atoms with E-state index in [4.69, 9.17) is 5.11 Å². The van der Waals surface area contributed by atoms with Crippen molar-refractivity contribution in [3.05, 3.63) is 0 Å². The van der Waals surface area contributed by atoms with Gasteiger partial charge >= 0.3 is 29.6 Å². The first-order valence-electron chi connectivity index (χ1n) is 3.74. The van der Waals surface area contributed by atoms with Gasteiger partial charge in [-0.1, -0.05) is 19.8 Å². The van der Waals surface area contributed by atoms with Crippen molar-refractivity contribution < 1.29 is 51.8 Å². The maximum Gasteiger partial charge on any atom is 1.00 e. The number of aliphatic hydroxyl groups is 1. The summed E-state index contributed by atoms with van der Waals surface area (Å²) in [5.74, 6) is 0. The molecule has 0 aliphatic rings. The fourth-order valence-corrected chi connectivity index (χ4v) is 1.01. The van der Waals surface area contributed by atoms with E-state index in [-0.39, 0.29) is 29.6 Å². The van der Waals surface area contributed by atoms with Gasteiger partial charge in [-0.05, 0) is 6.42 Å². The molecule has 0 heterocycles. The third kappa shape index (κ3) is 12.8. The van der Waals surface area contributed by atoms with E-state index in [1.807, 2.05) is 6.92 Å². The number of unbranched alkanes of at least 4 members (excludes halogenated alkanes) is 1. The molecule has 0 rings (SSSR count). The van der Waals surface area contributed by atoms with E-state index in [1.54, 1.807) is 0 Å². The van der Waals surface area contributed by atoms with Crippen LogP contribution in [-0.2, 0) is 14.6 Å². The van der Waals surface area contributed by atoms with Gasteiger partial charge in [0.25, 0.3) is 0 Å². The van der Waals surface area contributed by atoms with Crippen molar-refractivity contribution in [2.45, 2.75) is 32.3 Å². The van der Waals surface area contributed by atoms with Gasteiger partial charge in [0.15, 0.2) is 0 Å². The van der Waals surface area contributed by atoms with Gasteiger partial charge in [-0.2, -0.15) is 0 Å². The summed E-state index contributed by atoms with van der Waals surface area (Å²) in [6, 6.07) is 0. The molecule has 5 nitrogen and oxygen atoms in total. The van der Waals surface area contributed by atoms with Gasteiger partial charge in [0.2, 0.25) is 10.4 Å². The van der Waals surface area contributed by atoms with Crippen LogP contribution in [0.3, 0.4) is 0 Å². The second-order valence-corrected chi connectivity index (χ2v) is 3.54. The first-order chi connectivity index (χ1) is 5.45. The normalized spacial score (nSPS) is 13.5. The van der Waals surface area contributed by atoms with E-state index < -0.39 is 23.1 Å². The predicted molar refractivity (Wildman–Crippen MR) is 41.2 cm³/mol. The molecule has 0 saturated heterocycles. The van der Waals surface area contributed by atoms with Crippen LogP contribution in [-0.4, -0.2) is 30.8 Å². The van der Waals surface area contributed by atoms with Crippen molar-refractivity contribution in [3.63, 3.8) is 0 Å². The Morgan fingerprint density at radius 3 is 2.46 bits per heavy atom. The smallest absolute Gasteiger partial charge is 0.726 e. The topological polar surface area (TPSA) is 86.7 Å². The van der Waals surface area contributed by atoms with Crippen molar-refractivity contribution in [3.8, 4) is 0 Å². The second kappa shape index (κ2) is 8.16. The van der Waals surface area contributed by atoms with Gasteiger partial charge in [0, 0.05) is 0 Å². The summed E-state index contributed by atoms with van der Waals surface area (Å²) in [6.45, 7) is 1.50. The Labute approximate surface area is 101 Å². The molecule has 0 aromatic carbocycles. The zero-order valence-electron chi connectivity index (χ0n) is 7.89. The Morgan fingerprint density at radius 1 is 1.54 bits per heavy atom. The molecule has 0 radical (unpaired) electrons. The molecular formula is C6H13NaO5S. The van der Waals surface area contributed by atoms with Crippen molar-refractivity contribution in [1.82, 2.24) is 0 Å². The minimum Gasteiger partial charge on any atom is -0.726 e. The van der Waals surface area contributed by atoms with Gasteiger partial charge in [0.1, 0.15) is 0 Å². The Balaban J connectivity index is 0. The fourth-order valence-electron chi connectivity index (χ4n) is 0.685. The minimum absolute atomic E-state index is 0. The number of hydrogen-bond donors (Lipinski definition) is 1. The van der Waals surface area contributed by atoms with Crippen LogP contribution in [0.25, 0.3) is 0 Å². The first kappa shape index (κ1) is 16.3. The number of hydrogen-bond acceptors (Lipinski definition) is 5. The zero-order valence-corrected chi connectivity index (χ0v) is 10.7. The summed E-state index contributed by atoms with van der Waals surface area (Å²) < 4.78 is 33.6. The molecule has 1 atom stereocenters. The summed E-state index contributed by atoms with van der Waals surface area (Å²) in [5, 5.41) is 9.02. The van der Waals surface area contributed by atoms with Gasteiger partial charge in [0.05, 0.1) is 12.7 Å². The summed E-state index contributed by atoms with van der Waals surface area (Å²) in [4.78, 5) is 0. The zero-order chi connectivity index (χ0) is 9.61. The standard InChI is InChI=1S/C6H14O5S.Na/c1-2-3-4-6(7)5-11-12(8,9)10;/h6-7H,2-5H2,1H3,(H,8,9,10);/q;+1/p-1. The second-order valence-electron chi connectivity index (χ2n) is 2.49. The first-order valence-corrected chi connectivity index (χ1v) is 5.07. The molecule has 0 bridgehead atoms. The van der Waals surface area contributed by atoms with E-state index in [0.29, 0.717) is 6.42 Å². The van der Waals surface area contributed by atoms with Gasteiger partial charge in [-0.15, -0.1) is 0 Å². The third-order valence-electron chi connectivity index (χ3n) is 1.30. The molecule has 13 heavy (non-hydrogen) atoms. The molecule has 0 spiro atoms. The van der Waals surface area contributed by atoms with Crippen LogP contribution in [0.1, 0.15) is 26.2 Å². The van der Waals surface area contributed by atoms with Crippen LogP contribution in [0.2, 0.25) is 0 Å². The average Bonchev–Trinajstić information content (AvgIpc) is 1.95. The van der Waals surface area contributed by atoms with Gasteiger partial charge in [-0.25, -0.2) is 8.42 Å². The fraction of sp³-hybridized carbons (Fsp3) is 1.00. The maximum atomic E-state index is 9.92. The van der Waals surface area contributed by atoms with Crippen LogP contribution >= 0.6 is 0 Å². The maximum absolute atomic E-state index is 9.92. The average molecular weight is 220 g/mol. The molecule has 0 aliphatic heterocycles. The summed E-state index contributed by atoms with van der Waals surface area (Å²) in [5.41, 5.74) is 0. The molecule has 0 fully saturated rings. The Bertz CT molecular complexity index is 203. The van der Waals surface area contributed by atoms with Gasteiger partial charge < -0.3 is 9.66 Å². The van der Waals surface area contributed by atoms with Gasteiger partial charge in [-0.3, -0.25) is 4.18 Å². The van der Waals surface area contributed by atoms with E-state index in [0.717, 1.165) is 12.8 Å². The summed E-state index contributed by atoms with van der Waals surface area (Å²) >= 11 is 0. The molecule has 1 N–H and O–H groups in total. The SMILES string of the molecule is CCCCC(O)COS(=O)(=O)[O-].[Na+]. The molecule has 74 valence electrons. The molecule has 0 aliphatic carbocycles. The third-order valence-corrected chi connectivity index (χ3v) is 1.72. The van der Waals surface area contributed by atoms with Crippen LogP contribution < -0.4 is 29.6 Å². The molecular weight excluding hydrogens is 207 g/mol. The van der Waals surface area contributed by atoms with E-state index in [2.05, 4.69) is 4.18 Å². The van der Waals surface area contributed by atoms with Crippen molar-refractivity contribution in [2.75, 3.05) is 6.61 Å². The molecule has 0 saturated carbocycles. The van der Waals surface area contributed by atoms with Crippen molar-refractivity contribution in [2.24, 2.45) is 0 Å². The Kier molecular flexibility index (Phi) is 10.2. The number of rotatable bonds is 6. The van der Waals surface area contributed by atoms with E-state index in [9.17, 15) is 13.0 Å². The monoisotopic (exact) mass is 220 g/mol. The largest absolute Gasteiger partial charge is 1.00 e. The Morgan fingerprint density at radius 2 is 2.08 bits per heavy atom. The van der Waals surface area contributed by atoms with Crippen molar-refractivity contribution >= 4 is 10.4 Å². The van der Waals surface area contributed by atoms with Crippen LogP contribution in [0.4, 0.5) is 0 Å². The quantitative estimate of drug-likeness (QED) is 0.293. The van der Waals surface area contributed by atoms with E-state index in [1.165, 1.54) is 0 Å². The Hall–Kier alpha value is 0.830. The predicted octanol–water partition coefficient (Wildman–Crippen LogP) is -2.98. The summed E-state index contributed by atoms with van der Waals surface area (Å²) in [7, 11) is -4.65. The molecule has 0 aromatic heterocycles. The molecule has 0 aromatic rings. The van der Waals surface area contributed by atoms with Crippen molar-refractivity contribution in [1.29, 1.82) is 0 Å². The van der Waals surface area contributed by atoms with E-state index >= 15 is 0 Å². The number of aliphatic hydroxyl groups excluding tert-OH is 1. The van der Waals surface area contributed by atoms with Crippen LogP contribution in [0, 0.1) is 0 Å². The molecule has 0 amide bonds. The minimum atomic E-state index is -4.65.